The van der Waals surface area contributed by atoms with Crippen molar-refractivity contribution in [3.05, 3.63) is 391 Å². The number of carbonyl (C=O) groups excluding carboxylic acids is 1. The molecule has 526 valence electrons. The molecule has 0 amide bonds. The Morgan fingerprint density at radius 3 is 0.969 bits per heavy atom. The minimum atomic E-state index is -1.54. The number of benzene rings is 10. The van der Waals surface area contributed by atoms with Crippen molar-refractivity contribution in [2.75, 3.05) is 6.61 Å². The SMILES string of the molecule is C.C.C=Cc1ccccc1.C=Cc1ccccc1.C=Cc1ccccc1.CC(C)(C)OC=Cc1ccccc1.CC(C)(C)OC[CH-]c1ccccc1.O=CCc1ccccc1.[2H]C(C)C([2H])([2H])c1ccccc1.[2H]C(C)C([2H])c1ccccc1.[2H]C(CC)c1ccccc1.[2H]C([2H])(CC)c1ccccc1.[Pd]. The van der Waals surface area contributed by atoms with E-state index in [1.807, 2.05) is 326 Å². The summed E-state index contributed by atoms with van der Waals surface area (Å²) in [6.07, 6.45) is 9.92. The minimum Gasteiger partial charge on any atom is -0.496 e. The van der Waals surface area contributed by atoms with E-state index >= 15 is 0 Å². The van der Waals surface area contributed by atoms with Gasteiger partial charge in [-0.3, -0.25) is 0 Å². The van der Waals surface area contributed by atoms with Crippen LogP contribution in [-0.4, -0.2) is 24.1 Å². The summed E-state index contributed by atoms with van der Waals surface area (Å²) in [5, 5.41) is 0. The predicted octanol–water partition coefficient (Wildman–Crippen LogP) is 26.8. The summed E-state index contributed by atoms with van der Waals surface area (Å²) < 4.78 is 71.2. The Kier molecular flexibility index (Phi) is 51.1. The molecule has 0 fully saturated rings. The van der Waals surface area contributed by atoms with Crippen molar-refractivity contribution in [2.45, 2.75) is 153 Å². The van der Waals surface area contributed by atoms with Gasteiger partial charge in [0.25, 0.3) is 0 Å². The molecule has 0 aliphatic carbocycles. The third kappa shape index (κ3) is 57.4. The van der Waals surface area contributed by atoms with Crippen molar-refractivity contribution in [1.29, 1.82) is 0 Å². The Balaban J connectivity index is -0.00000111. The smallest absolute Gasteiger partial charge is 0.124 e. The molecule has 0 N–H and O–H groups in total. The molecule has 0 aliphatic rings. The third-order valence-electron chi connectivity index (χ3n) is 12.0. The number of hydrogen-bond acceptors (Lipinski definition) is 3. The van der Waals surface area contributed by atoms with Crippen molar-refractivity contribution >= 4 is 30.6 Å². The van der Waals surface area contributed by atoms with E-state index in [9.17, 15) is 4.79 Å². The Hall–Kier alpha value is -8.88. The van der Waals surface area contributed by atoms with Gasteiger partial charge in [-0.25, -0.2) is 0 Å². The first-order valence-electron chi connectivity index (χ1n) is 36.8. The maximum atomic E-state index is 9.97. The monoisotopic (exact) mass is 1410 g/mol. The largest absolute Gasteiger partial charge is 0.496 e. The minimum absolute atomic E-state index is 0. The molecule has 3 nitrogen and oxygen atoms in total. The average Bonchev–Trinajstić information content (AvgIpc) is 0.878. The van der Waals surface area contributed by atoms with Gasteiger partial charge in [0.15, 0.2) is 0 Å². The van der Waals surface area contributed by atoms with Gasteiger partial charge in [-0.1, -0.05) is 385 Å². The molecule has 0 spiro atoms. The van der Waals surface area contributed by atoms with Gasteiger partial charge in [0.2, 0.25) is 0 Å². The van der Waals surface area contributed by atoms with E-state index in [-0.39, 0.29) is 59.3 Å². The van der Waals surface area contributed by atoms with Gasteiger partial charge in [0.05, 0.1) is 17.5 Å². The molecule has 10 aromatic rings. The second-order valence-electron chi connectivity index (χ2n) is 22.3. The Bertz CT molecular complexity index is 3570. The number of aryl methyl sites for hydroxylation is 4. The summed E-state index contributed by atoms with van der Waals surface area (Å²) in [5.41, 5.74) is 10.2. The summed E-state index contributed by atoms with van der Waals surface area (Å²) in [6, 6.07) is 97.7. The number of carbonyl (C=O) groups is 1. The Labute approximate surface area is 623 Å². The molecule has 0 saturated carbocycles. The van der Waals surface area contributed by atoms with Crippen LogP contribution in [0.1, 0.15) is 176 Å². The van der Waals surface area contributed by atoms with Gasteiger partial charge in [-0.15, -0.1) is 12.1 Å². The normalized spacial score (nSPS) is 12.2. The van der Waals surface area contributed by atoms with Crippen LogP contribution < -0.4 is 0 Å². The fraction of sp³-hybridized carbons (Fsp3) is 0.255. The van der Waals surface area contributed by atoms with Gasteiger partial charge < -0.3 is 14.3 Å². The van der Waals surface area contributed by atoms with Gasteiger partial charge in [0.1, 0.15) is 6.29 Å². The molecule has 0 aliphatic heterocycles. The fourth-order valence-electron chi connectivity index (χ4n) is 7.38. The van der Waals surface area contributed by atoms with Crippen LogP contribution in [0.5, 0.6) is 0 Å². The first-order valence-corrected chi connectivity index (χ1v) is 32.5. The quantitative estimate of drug-likeness (QED) is 0.0372. The van der Waals surface area contributed by atoms with Crippen molar-refractivity contribution in [3.8, 4) is 0 Å². The van der Waals surface area contributed by atoms with Crippen LogP contribution in [0.4, 0.5) is 0 Å². The Morgan fingerprint density at radius 2 is 0.684 bits per heavy atom. The number of rotatable bonds is 18. The van der Waals surface area contributed by atoms with Crippen LogP contribution in [0.3, 0.4) is 0 Å². The molecule has 0 saturated heterocycles. The molecule has 4 heteroatoms. The Morgan fingerprint density at radius 1 is 0.378 bits per heavy atom. The summed E-state index contributed by atoms with van der Waals surface area (Å²) in [6.45, 7) is 31.0. The summed E-state index contributed by atoms with van der Waals surface area (Å²) in [7, 11) is 0. The molecule has 10 rings (SSSR count). The van der Waals surface area contributed by atoms with Crippen molar-refractivity contribution in [1.82, 2.24) is 0 Å². The standard InChI is InChI=1S/C12H17O.C12H16O.4C9H12.C8H8O.3C8H8.2CH4.Pd/c2*1-12(2,3)13-10-9-11-7-5-4-6-8-11;4*1-2-6-9-7-4-3-5-8-9;9-7-6-8-4-2-1-3-5-8;3*1-2-8-6-4-3-5-7-8;;;/h4-9H,10H2,1-3H3;4-10H,1-3H3;4*3-5,7-8H,2,6H2,1H3;1-5,7H,6H2;3*2-7H,1H2;2*1H4;/q-1;;;;;;;;;;;;/i;;2D,6D2;2D,6D;6D2;6D;;;;;;;. The van der Waals surface area contributed by atoms with E-state index in [2.05, 4.69) is 59.1 Å². The number of ether oxygens (including phenoxy) is 2. The molecular weight excluding hydrogens is 1280 g/mol. The van der Waals surface area contributed by atoms with E-state index < -0.39 is 25.5 Å². The summed E-state index contributed by atoms with van der Waals surface area (Å²) >= 11 is 0. The van der Waals surface area contributed by atoms with E-state index in [0.717, 1.165) is 40.5 Å². The fourth-order valence-corrected chi connectivity index (χ4v) is 7.38. The van der Waals surface area contributed by atoms with E-state index in [0.29, 0.717) is 25.0 Å². The van der Waals surface area contributed by atoms with Crippen molar-refractivity contribution < 1.29 is 45.7 Å². The molecule has 0 radical (unpaired) electrons. The van der Waals surface area contributed by atoms with E-state index in [4.69, 9.17) is 20.4 Å². The van der Waals surface area contributed by atoms with E-state index in [1.54, 1.807) is 44.4 Å². The molecule has 0 aromatic heterocycles. The van der Waals surface area contributed by atoms with Gasteiger partial charge in [-0.05, 0) is 123 Å². The molecular formula is C94H121O3Pd-. The first kappa shape index (κ1) is 78.1. The zero-order valence-corrected chi connectivity index (χ0v) is 60.3. The number of hydrogen-bond donors (Lipinski definition) is 0. The van der Waals surface area contributed by atoms with E-state index in [1.165, 1.54) is 22.3 Å². The van der Waals surface area contributed by atoms with Crippen molar-refractivity contribution in [3.63, 3.8) is 0 Å². The predicted molar refractivity (Wildman–Crippen MR) is 433 cm³/mol. The molecule has 4 unspecified atom stereocenters. The van der Waals surface area contributed by atoms with Gasteiger partial charge in [0, 0.05) is 44.4 Å². The zero-order chi connectivity index (χ0) is 76.6. The van der Waals surface area contributed by atoms with Gasteiger partial charge >= 0.3 is 0 Å². The maximum Gasteiger partial charge on any atom is 0.124 e. The number of aldehydes is 1. The van der Waals surface area contributed by atoms with Crippen LogP contribution in [0.15, 0.2) is 329 Å². The van der Waals surface area contributed by atoms with Crippen LogP contribution >= 0.6 is 0 Å². The summed E-state index contributed by atoms with van der Waals surface area (Å²) in [5.74, 6) is 0. The van der Waals surface area contributed by atoms with Crippen LogP contribution in [0, 0.1) is 6.42 Å². The third-order valence-corrected chi connectivity index (χ3v) is 12.0. The second-order valence-corrected chi connectivity index (χ2v) is 22.3. The zero-order valence-electron chi connectivity index (χ0n) is 66.7. The molecule has 4 atom stereocenters. The van der Waals surface area contributed by atoms with Crippen molar-refractivity contribution in [2.24, 2.45) is 0 Å². The summed E-state index contributed by atoms with van der Waals surface area (Å²) in [4.78, 5) is 9.97. The van der Waals surface area contributed by atoms with Crippen LogP contribution in [-0.2, 0) is 66.7 Å². The first-order chi connectivity index (χ1) is 49.2. The average molecular weight is 1410 g/mol. The van der Waals surface area contributed by atoms with Crippen LogP contribution in [0.2, 0.25) is 0 Å². The maximum absolute atomic E-state index is 9.97. The second kappa shape index (κ2) is 64.1. The molecule has 0 bridgehead atoms. The molecule has 98 heavy (non-hydrogen) atoms. The topological polar surface area (TPSA) is 35.5 Å². The molecule has 10 aromatic carbocycles. The molecule has 0 heterocycles. The van der Waals surface area contributed by atoms with Crippen LogP contribution in [0.25, 0.3) is 24.3 Å². The van der Waals surface area contributed by atoms with Gasteiger partial charge in [-0.2, -0.15) is 24.1 Å².